The van der Waals surface area contributed by atoms with Gasteiger partial charge in [0, 0.05) is 5.41 Å². The predicted octanol–water partition coefficient (Wildman–Crippen LogP) is 3.68. The number of rotatable bonds is 7. The largest absolute Gasteiger partial charge is 0.395 e. The molecule has 1 N–H and O–H groups in total. The van der Waals surface area contributed by atoms with E-state index >= 15 is 0 Å². The molecule has 1 aromatic carbocycles. The van der Waals surface area contributed by atoms with E-state index in [1.807, 2.05) is 24.3 Å². The van der Waals surface area contributed by atoms with E-state index in [4.69, 9.17) is 0 Å². The van der Waals surface area contributed by atoms with Crippen LogP contribution in [0.25, 0.3) is 0 Å². The van der Waals surface area contributed by atoms with Crippen molar-refractivity contribution in [3.05, 3.63) is 48.6 Å². The molecule has 1 aromatic rings. The van der Waals surface area contributed by atoms with Gasteiger partial charge in [-0.2, -0.15) is 0 Å². The zero-order valence-corrected chi connectivity index (χ0v) is 10.2. The van der Waals surface area contributed by atoms with Gasteiger partial charge in [0.2, 0.25) is 0 Å². The lowest BCUT2D eigenvalue weighted by Crippen LogP contribution is -2.26. The first-order chi connectivity index (χ1) is 7.73. The van der Waals surface area contributed by atoms with Crippen LogP contribution in [0.1, 0.15) is 38.2 Å². The predicted molar refractivity (Wildman–Crippen MR) is 69.5 cm³/mol. The standard InChI is InChI=1S/C15H22O/c1-3-4-5-9-12-15(2,13-16)14-10-7-6-8-11-14/h3,6-8,10-11,16H,1,4-5,9,12-13H2,2H3/t15-/m1/s1. The maximum Gasteiger partial charge on any atom is 0.0525 e. The fourth-order valence-electron chi connectivity index (χ4n) is 1.96. The van der Waals surface area contributed by atoms with E-state index < -0.39 is 0 Å². The smallest absolute Gasteiger partial charge is 0.0525 e. The van der Waals surface area contributed by atoms with Crippen LogP contribution in [-0.4, -0.2) is 11.7 Å². The van der Waals surface area contributed by atoms with E-state index in [1.165, 1.54) is 5.56 Å². The Hall–Kier alpha value is -1.08. The quantitative estimate of drug-likeness (QED) is 0.546. The van der Waals surface area contributed by atoms with Gasteiger partial charge in [-0.05, 0) is 24.8 Å². The van der Waals surface area contributed by atoms with Crippen molar-refractivity contribution in [1.82, 2.24) is 0 Å². The molecule has 1 atom stereocenters. The molecule has 0 bridgehead atoms. The Morgan fingerprint density at radius 3 is 2.50 bits per heavy atom. The highest BCUT2D eigenvalue weighted by molar-refractivity contribution is 5.24. The zero-order valence-electron chi connectivity index (χ0n) is 10.2. The summed E-state index contributed by atoms with van der Waals surface area (Å²) in [6.07, 6.45) is 6.35. The normalized spacial score (nSPS) is 14.4. The van der Waals surface area contributed by atoms with E-state index in [1.54, 1.807) is 0 Å². The monoisotopic (exact) mass is 218 g/mol. The number of hydrogen-bond acceptors (Lipinski definition) is 1. The fraction of sp³-hybridized carbons (Fsp3) is 0.467. The topological polar surface area (TPSA) is 20.2 Å². The van der Waals surface area contributed by atoms with Crippen molar-refractivity contribution >= 4 is 0 Å². The molecule has 1 heteroatoms. The molecular formula is C15H22O. The number of allylic oxidation sites excluding steroid dienone is 1. The molecule has 0 aromatic heterocycles. The van der Waals surface area contributed by atoms with Crippen LogP contribution in [-0.2, 0) is 5.41 Å². The highest BCUT2D eigenvalue weighted by Gasteiger charge is 2.24. The molecule has 0 aliphatic carbocycles. The average molecular weight is 218 g/mol. The number of hydrogen-bond donors (Lipinski definition) is 1. The molecule has 0 saturated carbocycles. The van der Waals surface area contributed by atoms with E-state index in [2.05, 4.69) is 25.6 Å². The molecule has 16 heavy (non-hydrogen) atoms. The molecule has 0 fully saturated rings. The molecule has 0 aliphatic heterocycles. The molecule has 0 saturated heterocycles. The van der Waals surface area contributed by atoms with Crippen molar-refractivity contribution in [2.24, 2.45) is 0 Å². The third kappa shape index (κ3) is 3.49. The summed E-state index contributed by atoms with van der Waals surface area (Å²) in [5, 5.41) is 9.58. The van der Waals surface area contributed by atoms with Crippen LogP contribution in [0.4, 0.5) is 0 Å². The van der Waals surface area contributed by atoms with Crippen molar-refractivity contribution in [2.45, 2.75) is 38.0 Å². The lowest BCUT2D eigenvalue weighted by atomic mass is 9.79. The van der Waals surface area contributed by atoms with Gasteiger partial charge in [0.05, 0.1) is 6.61 Å². The first kappa shape index (κ1) is 13.0. The van der Waals surface area contributed by atoms with Gasteiger partial charge in [-0.1, -0.05) is 49.8 Å². The number of aliphatic hydroxyl groups excluding tert-OH is 1. The van der Waals surface area contributed by atoms with Crippen molar-refractivity contribution in [2.75, 3.05) is 6.61 Å². The van der Waals surface area contributed by atoms with Gasteiger partial charge in [-0.3, -0.25) is 0 Å². The first-order valence-corrected chi connectivity index (χ1v) is 6.00. The minimum atomic E-state index is -0.0948. The second-order valence-electron chi connectivity index (χ2n) is 4.62. The highest BCUT2D eigenvalue weighted by atomic mass is 16.3. The Labute approximate surface area is 98.8 Å². The number of aliphatic hydroxyl groups is 1. The second kappa shape index (κ2) is 6.49. The summed E-state index contributed by atoms with van der Waals surface area (Å²) >= 11 is 0. The zero-order chi connectivity index (χ0) is 11.9. The van der Waals surface area contributed by atoms with E-state index in [0.717, 1.165) is 25.7 Å². The molecular weight excluding hydrogens is 196 g/mol. The minimum absolute atomic E-state index is 0.0948. The molecule has 0 radical (unpaired) electrons. The Bertz CT molecular complexity index is 304. The molecule has 0 amide bonds. The third-order valence-electron chi connectivity index (χ3n) is 3.21. The van der Waals surface area contributed by atoms with Gasteiger partial charge >= 0.3 is 0 Å². The Morgan fingerprint density at radius 1 is 1.25 bits per heavy atom. The third-order valence-corrected chi connectivity index (χ3v) is 3.21. The van der Waals surface area contributed by atoms with Crippen LogP contribution in [0.3, 0.4) is 0 Å². The van der Waals surface area contributed by atoms with Crippen LogP contribution < -0.4 is 0 Å². The van der Waals surface area contributed by atoms with Crippen molar-refractivity contribution in [1.29, 1.82) is 0 Å². The Morgan fingerprint density at radius 2 is 1.94 bits per heavy atom. The lowest BCUT2D eigenvalue weighted by molar-refractivity contribution is 0.194. The van der Waals surface area contributed by atoms with Crippen LogP contribution >= 0.6 is 0 Å². The second-order valence-corrected chi connectivity index (χ2v) is 4.62. The van der Waals surface area contributed by atoms with Gasteiger partial charge in [-0.25, -0.2) is 0 Å². The summed E-state index contributed by atoms with van der Waals surface area (Å²) in [5.41, 5.74) is 1.14. The summed E-state index contributed by atoms with van der Waals surface area (Å²) in [5.74, 6) is 0. The van der Waals surface area contributed by atoms with Gasteiger partial charge < -0.3 is 5.11 Å². The molecule has 0 aliphatic rings. The van der Waals surface area contributed by atoms with Gasteiger partial charge in [-0.15, -0.1) is 6.58 Å². The molecule has 88 valence electrons. The molecule has 1 rings (SSSR count). The first-order valence-electron chi connectivity index (χ1n) is 6.00. The Balaban J connectivity index is 2.59. The van der Waals surface area contributed by atoms with Crippen molar-refractivity contribution in [3.8, 4) is 0 Å². The summed E-state index contributed by atoms with van der Waals surface area (Å²) in [6, 6.07) is 10.3. The van der Waals surface area contributed by atoms with Crippen LogP contribution in [0.15, 0.2) is 43.0 Å². The molecule has 1 nitrogen and oxygen atoms in total. The van der Waals surface area contributed by atoms with Gasteiger partial charge in [0.15, 0.2) is 0 Å². The van der Waals surface area contributed by atoms with Crippen LogP contribution in [0.5, 0.6) is 0 Å². The highest BCUT2D eigenvalue weighted by Crippen LogP contribution is 2.29. The average Bonchev–Trinajstić information content (AvgIpc) is 2.35. The van der Waals surface area contributed by atoms with E-state index in [0.29, 0.717) is 0 Å². The van der Waals surface area contributed by atoms with Crippen LogP contribution in [0, 0.1) is 0 Å². The molecule has 0 heterocycles. The molecule has 0 spiro atoms. The van der Waals surface area contributed by atoms with Gasteiger partial charge in [0.25, 0.3) is 0 Å². The fourth-order valence-corrected chi connectivity index (χ4v) is 1.96. The SMILES string of the molecule is C=CCCCC[C@](C)(CO)c1ccccc1. The van der Waals surface area contributed by atoms with E-state index in [-0.39, 0.29) is 12.0 Å². The van der Waals surface area contributed by atoms with Gasteiger partial charge in [0.1, 0.15) is 0 Å². The minimum Gasteiger partial charge on any atom is -0.395 e. The lowest BCUT2D eigenvalue weighted by Gasteiger charge is -2.28. The number of unbranched alkanes of at least 4 members (excludes halogenated alkanes) is 2. The number of benzene rings is 1. The van der Waals surface area contributed by atoms with E-state index in [9.17, 15) is 5.11 Å². The summed E-state index contributed by atoms with van der Waals surface area (Å²) in [6.45, 7) is 6.07. The maximum atomic E-state index is 9.58. The molecule has 0 unspecified atom stereocenters. The Kier molecular flexibility index (Phi) is 5.27. The van der Waals surface area contributed by atoms with Crippen LogP contribution in [0.2, 0.25) is 0 Å². The van der Waals surface area contributed by atoms with Crippen molar-refractivity contribution < 1.29 is 5.11 Å². The summed E-state index contributed by atoms with van der Waals surface area (Å²) in [7, 11) is 0. The summed E-state index contributed by atoms with van der Waals surface area (Å²) < 4.78 is 0. The van der Waals surface area contributed by atoms with Crippen molar-refractivity contribution in [3.63, 3.8) is 0 Å². The maximum absolute atomic E-state index is 9.58. The summed E-state index contributed by atoms with van der Waals surface area (Å²) in [4.78, 5) is 0.